The molecule has 3 amide bonds. The molecule has 0 saturated heterocycles. The first kappa shape index (κ1) is 15.8. The quantitative estimate of drug-likeness (QED) is 0.539. The molecular formula is C13H20N4O3. The summed E-state index contributed by atoms with van der Waals surface area (Å²) in [5.74, 6) is 0.407. The molecule has 110 valence electrons. The van der Waals surface area contributed by atoms with Crippen molar-refractivity contribution < 1.29 is 14.3 Å². The van der Waals surface area contributed by atoms with Gasteiger partial charge in [-0.05, 0) is 17.7 Å². The van der Waals surface area contributed by atoms with Crippen LogP contribution in [-0.2, 0) is 4.79 Å². The molecule has 1 aromatic carbocycles. The van der Waals surface area contributed by atoms with E-state index in [1.165, 1.54) is 7.05 Å². The van der Waals surface area contributed by atoms with Gasteiger partial charge in [0.25, 0.3) is 0 Å². The van der Waals surface area contributed by atoms with Crippen LogP contribution in [0.4, 0.5) is 4.79 Å². The summed E-state index contributed by atoms with van der Waals surface area (Å²) in [5, 5.41) is 7.62. The number of benzene rings is 1. The fraction of sp³-hybridized carbons (Fsp3) is 0.385. The number of urea groups is 1. The van der Waals surface area contributed by atoms with Gasteiger partial charge in [-0.15, -0.1) is 0 Å². The summed E-state index contributed by atoms with van der Waals surface area (Å²) in [7, 11) is 3.09. The minimum absolute atomic E-state index is 0.293. The number of amides is 3. The number of hydrogen-bond acceptors (Lipinski definition) is 4. The van der Waals surface area contributed by atoms with E-state index in [-0.39, 0.29) is 11.9 Å². The van der Waals surface area contributed by atoms with Gasteiger partial charge in [-0.25, -0.2) is 4.79 Å². The molecule has 0 aliphatic carbocycles. The largest absolute Gasteiger partial charge is 0.497 e. The summed E-state index contributed by atoms with van der Waals surface area (Å²) in [4.78, 5) is 22.7. The zero-order chi connectivity index (χ0) is 15.0. The monoisotopic (exact) mass is 280 g/mol. The minimum atomic E-state index is -0.749. The number of carbonyl (C=O) groups excluding carboxylic acids is 2. The lowest BCUT2D eigenvalue weighted by molar-refractivity contribution is -0.122. The SMILES string of the molecule is CNC(=O)NCCNC(=O)C(N)c1ccc(OC)cc1. The molecule has 5 N–H and O–H groups in total. The van der Waals surface area contributed by atoms with Crippen LogP contribution in [0, 0.1) is 0 Å². The second kappa shape index (κ2) is 8.00. The Morgan fingerprint density at radius 3 is 2.35 bits per heavy atom. The van der Waals surface area contributed by atoms with Gasteiger partial charge in [-0.1, -0.05) is 12.1 Å². The highest BCUT2D eigenvalue weighted by molar-refractivity contribution is 5.83. The number of hydrogen-bond donors (Lipinski definition) is 4. The molecular weight excluding hydrogens is 260 g/mol. The van der Waals surface area contributed by atoms with Crippen LogP contribution in [0.15, 0.2) is 24.3 Å². The van der Waals surface area contributed by atoms with Crippen molar-refractivity contribution >= 4 is 11.9 Å². The molecule has 0 aliphatic heterocycles. The van der Waals surface area contributed by atoms with Crippen LogP contribution in [0.2, 0.25) is 0 Å². The summed E-state index contributed by atoms with van der Waals surface area (Å²) < 4.78 is 5.03. The van der Waals surface area contributed by atoms with Gasteiger partial charge in [0.05, 0.1) is 7.11 Å². The van der Waals surface area contributed by atoms with Gasteiger partial charge in [0.1, 0.15) is 11.8 Å². The van der Waals surface area contributed by atoms with E-state index < -0.39 is 6.04 Å². The Morgan fingerprint density at radius 2 is 1.80 bits per heavy atom. The highest BCUT2D eigenvalue weighted by Gasteiger charge is 2.15. The summed E-state index contributed by atoms with van der Waals surface area (Å²) in [5.41, 5.74) is 6.54. The lowest BCUT2D eigenvalue weighted by Gasteiger charge is -2.13. The number of carbonyl (C=O) groups is 2. The summed E-state index contributed by atoms with van der Waals surface area (Å²) in [6.07, 6.45) is 0. The molecule has 20 heavy (non-hydrogen) atoms. The van der Waals surface area contributed by atoms with E-state index >= 15 is 0 Å². The smallest absolute Gasteiger partial charge is 0.314 e. The molecule has 0 fully saturated rings. The van der Waals surface area contributed by atoms with Crippen LogP contribution >= 0.6 is 0 Å². The van der Waals surface area contributed by atoms with Gasteiger partial charge in [0.2, 0.25) is 5.91 Å². The van der Waals surface area contributed by atoms with Crippen LogP contribution in [0.1, 0.15) is 11.6 Å². The van der Waals surface area contributed by atoms with E-state index in [0.717, 1.165) is 0 Å². The third-order valence-corrected chi connectivity index (χ3v) is 2.69. The molecule has 0 saturated carbocycles. The predicted octanol–water partition coefficient (Wildman–Crippen LogP) is -0.260. The molecule has 1 unspecified atom stereocenters. The molecule has 1 atom stereocenters. The second-order valence-electron chi connectivity index (χ2n) is 4.05. The van der Waals surface area contributed by atoms with Gasteiger partial charge in [-0.2, -0.15) is 0 Å². The molecule has 0 spiro atoms. The normalized spacial score (nSPS) is 11.3. The molecule has 0 aliphatic rings. The van der Waals surface area contributed by atoms with Crippen molar-refractivity contribution in [3.05, 3.63) is 29.8 Å². The molecule has 0 radical (unpaired) electrons. The Bertz CT molecular complexity index is 447. The van der Waals surface area contributed by atoms with Crippen LogP contribution < -0.4 is 26.4 Å². The van der Waals surface area contributed by atoms with E-state index in [1.54, 1.807) is 31.4 Å². The first-order valence-electron chi connectivity index (χ1n) is 6.21. The summed E-state index contributed by atoms with van der Waals surface area (Å²) in [6.45, 7) is 0.650. The van der Waals surface area contributed by atoms with Crippen molar-refractivity contribution in [3.63, 3.8) is 0 Å². The summed E-state index contributed by atoms with van der Waals surface area (Å²) in [6, 6.07) is 5.93. The average Bonchev–Trinajstić information content (AvgIpc) is 2.50. The maximum absolute atomic E-state index is 11.8. The predicted molar refractivity (Wildman–Crippen MR) is 75.4 cm³/mol. The third kappa shape index (κ3) is 4.77. The summed E-state index contributed by atoms with van der Waals surface area (Å²) >= 11 is 0. The highest BCUT2D eigenvalue weighted by atomic mass is 16.5. The van der Waals surface area contributed by atoms with Gasteiger partial charge in [-0.3, -0.25) is 4.79 Å². The van der Waals surface area contributed by atoms with Crippen molar-refractivity contribution in [2.24, 2.45) is 5.73 Å². The average molecular weight is 280 g/mol. The Hall–Kier alpha value is -2.28. The van der Waals surface area contributed by atoms with Gasteiger partial charge < -0.3 is 26.4 Å². The van der Waals surface area contributed by atoms with Crippen LogP contribution in [0.5, 0.6) is 5.75 Å². The Morgan fingerprint density at radius 1 is 1.20 bits per heavy atom. The topological polar surface area (TPSA) is 105 Å². The zero-order valence-corrected chi connectivity index (χ0v) is 11.6. The fourth-order valence-corrected chi connectivity index (χ4v) is 1.52. The Labute approximate surface area is 117 Å². The fourth-order valence-electron chi connectivity index (χ4n) is 1.52. The number of methoxy groups -OCH3 is 1. The van der Waals surface area contributed by atoms with Gasteiger partial charge in [0.15, 0.2) is 0 Å². The number of nitrogens with two attached hydrogens (primary N) is 1. The molecule has 7 heteroatoms. The molecule has 0 aromatic heterocycles. The first-order valence-corrected chi connectivity index (χ1v) is 6.21. The second-order valence-corrected chi connectivity index (χ2v) is 4.05. The standard InChI is InChI=1S/C13H20N4O3/c1-15-13(19)17-8-7-16-12(18)11(14)9-3-5-10(20-2)6-4-9/h3-6,11H,7-8,14H2,1-2H3,(H,16,18)(H2,15,17,19). The Balaban J connectivity index is 2.40. The lowest BCUT2D eigenvalue weighted by Crippen LogP contribution is -2.41. The van der Waals surface area contributed by atoms with Gasteiger partial charge in [0, 0.05) is 20.1 Å². The van der Waals surface area contributed by atoms with E-state index in [1.807, 2.05) is 0 Å². The lowest BCUT2D eigenvalue weighted by atomic mass is 10.1. The van der Waals surface area contributed by atoms with Crippen molar-refractivity contribution in [2.75, 3.05) is 27.2 Å². The zero-order valence-electron chi connectivity index (χ0n) is 11.6. The van der Waals surface area contributed by atoms with E-state index in [9.17, 15) is 9.59 Å². The first-order chi connectivity index (χ1) is 9.58. The van der Waals surface area contributed by atoms with Crippen LogP contribution in [-0.4, -0.2) is 39.2 Å². The van der Waals surface area contributed by atoms with Gasteiger partial charge >= 0.3 is 6.03 Å². The van der Waals surface area contributed by atoms with E-state index in [0.29, 0.717) is 24.4 Å². The van der Waals surface area contributed by atoms with Crippen molar-refractivity contribution in [3.8, 4) is 5.75 Å². The molecule has 7 nitrogen and oxygen atoms in total. The van der Waals surface area contributed by atoms with Crippen molar-refractivity contribution in [1.82, 2.24) is 16.0 Å². The third-order valence-electron chi connectivity index (χ3n) is 2.69. The minimum Gasteiger partial charge on any atom is -0.497 e. The van der Waals surface area contributed by atoms with E-state index in [2.05, 4.69) is 16.0 Å². The van der Waals surface area contributed by atoms with E-state index in [4.69, 9.17) is 10.5 Å². The molecule has 0 heterocycles. The van der Waals surface area contributed by atoms with Crippen LogP contribution in [0.25, 0.3) is 0 Å². The Kier molecular flexibility index (Phi) is 6.31. The molecule has 0 bridgehead atoms. The molecule has 1 rings (SSSR count). The number of ether oxygens (including phenoxy) is 1. The number of nitrogens with one attached hydrogen (secondary N) is 3. The van der Waals surface area contributed by atoms with Crippen molar-refractivity contribution in [1.29, 1.82) is 0 Å². The molecule has 1 aromatic rings. The maximum Gasteiger partial charge on any atom is 0.314 e. The van der Waals surface area contributed by atoms with Crippen molar-refractivity contribution in [2.45, 2.75) is 6.04 Å². The maximum atomic E-state index is 11.8. The number of rotatable bonds is 6. The van der Waals surface area contributed by atoms with Crippen LogP contribution in [0.3, 0.4) is 0 Å². The highest BCUT2D eigenvalue weighted by Crippen LogP contribution is 2.15.